The molecule has 0 aliphatic carbocycles. The number of hydrogen-bond acceptors (Lipinski definition) is 4. The molecule has 4 nitrogen and oxygen atoms in total. The van der Waals surface area contributed by atoms with Crippen molar-refractivity contribution in [2.24, 2.45) is 0 Å². The SMILES string of the molecule is CCN1CC(c2cccc(Cl)c2)=Cc2c(C)nc(N)nc21. The molecule has 5 heteroatoms. The summed E-state index contributed by atoms with van der Waals surface area (Å²) in [6, 6.07) is 7.91. The van der Waals surface area contributed by atoms with Crippen molar-refractivity contribution in [1.29, 1.82) is 0 Å². The highest BCUT2D eigenvalue weighted by Crippen LogP contribution is 2.33. The van der Waals surface area contributed by atoms with Crippen molar-refractivity contribution in [3.8, 4) is 0 Å². The van der Waals surface area contributed by atoms with Gasteiger partial charge < -0.3 is 10.6 Å². The Bertz CT molecular complexity index is 724. The summed E-state index contributed by atoms with van der Waals surface area (Å²) in [4.78, 5) is 10.9. The molecule has 0 saturated heterocycles. The van der Waals surface area contributed by atoms with Gasteiger partial charge in [0.15, 0.2) is 0 Å². The lowest BCUT2D eigenvalue weighted by Gasteiger charge is -2.30. The van der Waals surface area contributed by atoms with Gasteiger partial charge in [-0.2, -0.15) is 4.98 Å². The third-order valence-electron chi connectivity index (χ3n) is 3.69. The number of aryl methyl sites for hydroxylation is 1. The number of nitrogens with two attached hydrogens (primary N) is 1. The summed E-state index contributed by atoms with van der Waals surface area (Å²) in [5.41, 5.74) is 10.1. The van der Waals surface area contributed by atoms with Gasteiger partial charge in [-0.25, -0.2) is 4.98 Å². The van der Waals surface area contributed by atoms with Crippen molar-refractivity contribution in [1.82, 2.24) is 9.97 Å². The van der Waals surface area contributed by atoms with E-state index in [2.05, 4.69) is 33.9 Å². The molecular formula is C16H17ClN4. The molecule has 0 fully saturated rings. The Balaban J connectivity index is 2.14. The van der Waals surface area contributed by atoms with Gasteiger partial charge in [0.25, 0.3) is 0 Å². The van der Waals surface area contributed by atoms with Crippen LogP contribution in [0.15, 0.2) is 24.3 Å². The van der Waals surface area contributed by atoms with Gasteiger partial charge in [-0.05, 0) is 43.2 Å². The molecule has 2 heterocycles. The Morgan fingerprint density at radius 1 is 1.33 bits per heavy atom. The van der Waals surface area contributed by atoms with Crippen LogP contribution >= 0.6 is 11.6 Å². The minimum atomic E-state index is 0.323. The van der Waals surface area contributed by atoms with Crippen molar-refractivity contribution >= 4 is 35.0 Å². The molecule has 3 rings (SSSR count). The van der Waals surface area contributed by atoms with Crippen LogP contribution in [0, 0.1) is 6.92 Å². The number of benzene rings is 1. The van der Waals surface area contributed by atoms with Gasteiger partial charge in [-0.1, -0.05) is 23.7 Å². The molecule has 0 spiro atoms. The molecule has 108 valence electrons. The van der Waals surface area contributed by atoms with Gasteiger partial charge in [0.2, 0.25) is 5.95 Å². The number of halogens is 1. The molecule has 1 aromatic heterocycles. The molecule has 0 atom stereocenters. The summed E-state index contributed by atoms with van der Waals surface area (Å²) in [6.07, 6.45) is 2.14. The fraction of sp³-hybridized carbons (Fsp3) is 0.250. The van der Waals surface area contributed by atoms with Gasteiger partial charge in [0.1, 0.15) is 5.82 Å². The van der Waals surface area contributed by atoms with Crippen molar-refractivity contribution in [3.63, 3.8) is 0 Å². The van der Waals surface area contributed by atoms with E-state index in [1.807, 2.05) is 25.1 Å². The van der Waals surface area contributed by atoms with Crippen molar-refractivity contribution in [2.45, 2.75) is 13.8 Å². The molecule has 0 unspecified atom stereocenters. The van der Waals surface area contributed by atoms with Crippen molar-refractivity contribution in [2.75, 3.05) is 23.7 Å². The summed E-state index contributed by atoms with van der Waals surface area (Å²) in [6.45, 7) is 5.72. The molecule has 2 N–H and O–H groups in total. The standard InChI is InChI=1S/C16H17ClN4/c1-3-21-9-12(11-5-4-6-13(17)7-11)8-14-10(2)19-16(18)20-15(14)21/h4-8H,3,9H2,1-2H3,(H2,18,19,20). The predicted molar refractivity (Wildman–Crippen MR) is 88.4 cm³/mol. The average Bonchev–Trinajstić information content (AvgIpc) is 2.46. The lowest BCUT2D eigenvalue weighted by molar-refractivity contribution is 0.872. The van der Waals surface area contributed by atoms with Crippen molar-refractivity contribution in [3.05, 3.63) is 46.1 Å². The second-order valence-electron chi connectivity index (χ2n) is 5.10. The van der Waals surface area contributed by atoms with Gasteiger partial charge >= 0.3 is 0 Å². The molecule has 21 heavy (non-hydrogen) atoms. The van der Waals surface area contributed by atoms with Crippen LogP contribution in [0.25, 0.3) is 11.6 Å². The van der Waals surface area contributed by atoms with Crippen LogP contribution in [-0.2, 0) is 0 Å². The third-order valence-corrected chi connectivity index (χ3v) is 3.92. The van der Waals surface area contributed by atoms with Gasteiger partial charge in [-0.3, -0.25) is 0 Å². The molecule has 0 bridgehead atoms. The van der Waals surface area contributed by atoms with Crippen LogP contribution in [0.5, 0.6) is 0 Å². The summed E-state index contributed by atoms with van der Waals surface area (Å²) in [5, 5.41) is 0.743. The number of nitrogens with zero attached hydrogens (tertiary/aromatic N) is 3. The Hall–Kier alpha value is -2.07. The van der Waals surface area contributed by atoms with Crippen LogP contribution in [-0.4, -0.2) is 23.1 Å². The normalized spacial score (nSPS) is 13.9. The van der Waals surface area contributed by atoms with Crippen LogP contribution in [0.1, 0.15) is 23.7 Å². The lowest BCUT2D eigenvalue weighted by Crippen LogP contribution is -2.30. The summed E-state index contributed by atoms with van der Waals surface area (Å²) >= 11 is 6.10. The first-order valence-corrected chi connectivity index (χ1v) is 7.32. The number of aromatic nitrogens is 2. The van der Waals surface area contributed by atoms with E-state index in [0.717, 1.165) is 40.8 Å². The zero-order chi connectivity index (χ0) is 15.0. The van der Waals surface area contributed by atoms with Crippen LogP contribution in [0.3, 0.4) is 0 Å². The monoisotopic (exact) mass is 300 g/mol. The Morgan fingerprint density at radius 3 is 2.86 bits per heavy atom. The smallest absolute Gasteiger partial charge is 0.222 e. The number of fused-ring (bicyclic) bond motifs is 1. The highest BCUT2D eigenvalue weighted by molar-refractivity contribution is 6.30. The van der Waals surface area contributed by atoms with Crippen LogP contribution in [0.2, 0.25) is 5.02 Å². The first-order chi connectivity index (χ1) is 10.1. The molecule has 0 amide bonds. The fourth-order valence-electron chi connectivity index (χ4n) is 2.62. The maximum absolute atomic E-state index is 6.10. The van der Waals surface area contributed by atoms with Gasteiger partial charge in [-0.15, -0.1) is 0 Å². The molecular weight excluding hydrogens is 284 g/mol. The zero-order valence-electron chi connectivity index (χ0n) is 12.1. The zero-order valence-corrected chi connectivity index (χ0v) is 12.9. The Labute approximate surface area is 129 Å². The third kappa shape index (κ3) is 2.59. The van der Waals surface area contributed by atoms with Gasteiger partial charge in [0.05, 0.1) is 5.69 Å². The van der Waals surface area contributed by atoms with Crippen LogP contribution in [0.4, 0.5) is 11.8 Å². The Morgan fingerprint density at radius 2 is 2.14 bits per heavy atom. The molecule has 1 aliphatic rings. The number of rotatable bonds is 2. The number of likely N-dealkylation sites (N-methyl/N-ethyl adjacent to an activating group) is 1. The first kappa shape index (κ1) is 13.9. The highest BCUT2D eigenvalue weighted by atomic mass is 35.5. The van der Waals surface area contributed by atoms with E-state index in [1.54, 1.807) is 0 Å². The average molecular weight is 301 g/mol. The first-order valence-electron chi connectivity index (χ1n) is 6.94. The number of hydrogen-bond donors (Lipinski definition) is 1. The fourth-order valence-corrected chi connectivity index (χ4v) is 2.81. The van der Waals surface area contributed by atoms with Crippen LogP contribution < -0.4 is 10.6 Å². The molecule has 2 aromatic rings. The second kappa shape index (κ2) is 5.37. The lowest BCUT2D eigenvalue weighted by atomic mass is 9.98. The highest BCUT2D eigenvalue weighted by Gasteiger charge is 2.21. The van der Waals surface area contributed by atoms with E-state index >= 15 is 0 Å². The maximum Gasteiger partial charge on any atom is 0.222 e. The molecule has 1 aliphatic heterocycles. The van der Waals surface area contributed by atoms with E-state index in [9.17, 15) is 0 Å². The van der Waals surface area contributed by atoms with E-state index in [-0.39, 0.29) is 0 Å². The molecule has 1 aromatic carbocycles. The van der Waals surface area contributed by atoms with Crippen molar-refractivity contribution < 1.29 is 0 Å². The van der Waals surface area contributed by atoms with E-state index in [4.69, 9.17) is 17.3 Å². The minimum absolute atomic E-state index is 0.323. The molecule has 0 radical (unpaired) electrons. The summed E-state index contributed by atoms with van der Waals surface area (Å²) < 4.78 is 0. The maximum atomic E-state index is 6.10. The number of anilines is 2. The predicted octanol–water partition coefficient (Wildman–Crippen LogP) is 3.40. The van der Waals surface area contributed by atoms with E-state index < -0.39 is 0 Å². The largest absolute Gasteiger partial charge is 0.368 e. The summed E-state index contributed by atoms with van der Waals surface area (Å²) in [5.74, 6) is 1.23. The topological polar surface area (TPSA) is 55.0 Å². The quantitative estimate of drug-likeness (QED) is 0.923. The molecule has 0 saturated carbocycles. The van der Waals surface area contributed by atoms with Gasteiger partial charge in [0, 0.05) is 23.7 Å². The number of nitrogen functional groups attached to an aromatic ring is 1. The second-order valence-corrected chi connectivity index (χ2v) is 5.54. The van der Waals surface area contributed by atoms with E-state index in [0.29, 0.717) is 5.95 Å². The van der Waals surface area contributed by atoms with E-state index in [1.165, 1.54) is 5.57 Å². The Kier molecular flexibility index (Phi) is 3.55. The minimum Gasteiger partial charge on any atom is -0.368 e. The summed E-state index contributed by atoms with van der Waals surface area (Å²) in [7, 11) is 0.